The van der Waals surface area contributed by atoms with Gasteiger partial charge in [-0.05, 0) is 31.5 Å². The fraction of sp³-hybridized carbons (Fsp3) is 0.538. The summed E-state index contributed by atoms with van der Waals surface area (Å²) in [7, 11) is -3.74. The standard InChI is InChI=1S/C13H16Cl3NO3S/c1-13(2)8-17(3-4-20-13)21(18,19)11-6-10(15)5-9(7-14)12(11)16/h5-6H,3-4,7-8H2,1-2H3. The summed E-state index contributed by atoms with van der Waals surface area (Å²) in [6.45, 7) is 4.57. The molecule has 4 nitrogen and oxygen atoms in total. The van der Waals surface area contributed by atoms with Gasteiger partial charge in [-0.3, -0.25) is 0 Å². The maximum atomic E-state index is 12.8. The van der Waals surface area contributed by atoms with Crippen molar-refractivity contribution in [2.75, 3.05) is 19.7 Å². The molecule has 0 amide bonds. The van der Waals surface area contributed by atoms with Crippen LogP contribution in [0.1, 0.15) is 19.4 Å². The summed E-state index contributed by atoms with van der Waals surface area (Å²) >= 11 is 17.9. The lowest BCUT2D eigenvalue weighted by molar-refractivity contribution is -0.0640. The highest BCUT2D eigenvalue weighted by Gasteiger charge is 2.36. The molecule has 0 atom stereocenters. The smallest absolute Gasteiger partial charge is 0.244 e. The Bertz CT molecular complexity index is 646. The molecule has 0 aromatic heterocycles. The van der Waals surface area contributed by atoms with E-state index in [0.717, 1.165) is 0 Å². The van der Waals surface area contributed by atoms with Crippen molar-refractivity contribution in [3.8, 4) is 0 Å². The maximum absolute atomic E-state index is 12.8. The molecule has 1 aliphatic rings. The van der Waals surface area contributed by atoms with Crippen LogP contribution in [-0.2, 0) is 20.6 Å². The number of ether oxygens (including phenoxy) is 1. The van der Waals surface area contributed by atoms with Crippen molar-refractivity contribution in [2.24, 2.45) is 0 Å². The molecule has 0 aliphatic carbocycles. The van der Waals surface area contributed by atoms with Gasteiger partial charge in [0.2, 0.25) is 10.0 Å². The van der Waals surface area contributed by atoms with Gasteiger partial charge in [-0.15, -0.1) is 11.6 Å². The first-order chi connectivity index (χ1) is 9.67. The van der Waals surface area contributed by atoms with E-state index in [-0.39, 0.29) is 28.9 Å². The number of sulfonamides is 1. The Balaban J connectivity index is 2.47. The molecule has 21 heavy (non-hydrogen) atoms. The molecule has 0 spiro atoms. The number of rotatable bonds is 3. The predicted molar refractivity (Wildman–Crippen MR) is 84.8 cm³/mol. The summed E-state index contributed by atoms with van der Waals surface area (Å²) in [4.78, 5) is -0.00924. The molecule has 0 saturated carbocycles. The third kappa shape index (κ3) is 3.66. The average Bonchev–Trinajstić information content (AvgIpc) is 2.39. The van der Waals surface area contributed by atoms with Crippen LogP contribution in [0.3, 0.4) is 0 Å². The molecule has 1 heterocycles. The Labute approximate surface area is 140 Å². The topological polar surface area (TPSA) is 46.6 Å². The lowest BCUT2D eigenvalue weighted by Crippen LogP contribution is -2.50. The van der Waals surface area contributed by atoms with E-state index in [0.29, 0.717) is 17.2 Å². The van der Waals surface area contributed by atoms with Crippen LogP contribution in [-0.4, -0.2) is 38.0 Å². The molecule has 0 bridgehead atoms. The van der Waals surface area contributed by atoms with Crippen LogP contribution in [0.4, 0.5) is 0 Å². The molecule has 1 aromatic rings. The quantitative estimate of drug-likeness (QED) is 0.763. The second-order valence-corrected chi connectivity index (χ2v) is 8.45. The Morgan fingerprint density at radius 2 is 2.00 bits per heavy atom. The summed E-state index contributed by atoms with van der Waals surface area (Å²) in [5.74, 6) is 0.0938. The van der Waals surface area contributed by atoms with Crippen LogP contribution in [0.5, 0.6) is 0 Å². The van der Waals surface area contributed by atoms with Crippen LogP contribution in [0.25, 0.3) is 0 Å². The molecule has 118 valence electrons. The van der Waals surface area contributed by atoms with Gasteiger partial charge in [-0.25, -0.2) is 8.42 Å². The second-order valence-electron chi connectivity index (χ2n) is 5.46. The van der Waals surface area contributed by atoms with Crippen LogP contribution in [0.2, 0.25) is 10.0 Å². The normalized spacial score (nSPS) is 19.7. The van der Waals surface area contributed by atoms with E-state index in [1.807, 2.05) is 13.8 Å². The molecule has 0 radical (unpaired) electrons. The third-order valence-corrected chi connectivity index (χ3v) is 6.17. The minimum atomic E-state index is -3.74. The second kappa shape index (κ2) is 6.22. The zero-order chi connectivity index (χ0) is 15.8. The van der Waals surface area contributed by atoms with Crippen LogP contribution in [0.15, 0.2) is 17.0 Å². The van der Waals surface area contributed by atoms with Gasteiger partial charge in [0.1, 0.15) is 4.90 Å². The molecule has 0 N–H and O–H groups in total. The zero-order valence-corrected chi connectivity index (χ0v) is 14.8. The highest BCUT2D eigenvalue weighted by Crippen LogP contribution is 2.33. The number of hydrogen-bond donors (Lipinski definition) is 0. The van der Waals surface area contributed by atoms with Gasteiger partial charge >= 0.3 is 0 Å². The van der Waals surface area contributed by atoms with Crippen molar-refractivity contribution in [3.05, 3.63) is 27.7 Å². The van der Waals surface area contributed by atoms with Gasteiger partial charge in [0, 0.05) is 24.0 Å². The van der Waals surface area contributed by atoms with Crippen molar-refractivity contribution in [1.82, 2.24) is 4.31 Å². The van der Waals surface area contributed by atoms with E-state index >= 15 is 0 Å². The maximum Gasteiger partial charge on any atom is 0.244 e. The summed E-state index contributed by atoms with van der Waals surface area (Å²) in [5.41, 5.74) is -0.0389. The van der Waals surface area contributed by atoms with E-state index in [9.17, 15) is 8.42 Å². The largest absolute Gasteiger partial charge is 0.373 e. The number of hydrogen-bond acceptors (Lipinski definition) is 3. The molecular formula is C13H16Cl3NO3S. The summed E-state index contributed by atoms with van der Waals surface area (Å²) < 4.78 is 32.5. The van der Waals surface area contributed by atoms with E-state index < -0.39 is 15.6 Å². The van der Waals surface area contributed by atoms with Crippen LogP contribution >= 0.6 is 34.8 Å². The fourth-order valence-corrected chi connectivity index (χ4v) is 4.98. The van der Waals surface area contributed by atoms with E-state index in [2.05, 4.69) is 0 Å². The SMILES string of the molecule is CC1(C)CN(S(=O)(=O)c2cc(Cl)cc(CCl)c2Cl)CCO1. The average molecular weight is 373 g/mol. The van der Waals surface area contributed by atoms with Crippen molar-refractivity contribution in [1.29, 1.82) is 0 Å². The molecule has 8 heteroatoms. The van der Waals surface area contributed by atoms with Gasteiger partial charge < -0.3 is 4.74 Å². The van der Waals surface area contributed by atoms with Crippen molar-refractivity contribution in [2.45, 2.75) is 30.2 Å². The number of alkyl halides is 1. The number of halogens is 3. The highest BCUT2D eigenvalue weighted by atomic mass is 35.5. The Hall–Kier alpha value is -0.0400. The number of benzene rings is 1. The lowest BCUT2D eigenvalue weighted by atomic mass is 10.1. The zero-order valence-electron chi connectivity index (χ0n) is 11.7. The minimum absolute atomic E-state index is 0.00924. The number of morpholine rings is 1. The molecule has 2 rings (SSSR count). The first kappa shape index (κ1) is 17.3. The fourth-order valence-electron chi connectivity index (χ4n) is 2.22. The summed E-state index contributed by atoms with van der Waals surface area (Å²) in [6.07, 6.45) is 0. The molecule has 1 saturated heterocycles. The lowest BCUT2D eigenvalue weighted by Gasteiger charge is -2.37. The summed E-state index contributed by atoms with van der Waals surface area (Å²) in [5, 5.41) is 0.417. The minimum Gasteiger partial charge on any atom is -0.373 e. The van der Waals surface area contributed by atoms with Crippen LogP contribution < -0.4 is 0 Å². The Kier molecular flexibility index (Phi) is 5.13. The summed E-state index contributed by atoms with van der Waals surface area (Å²) in [6, 6.07) is 2.93. The van der Waals surface area contributed by atoms with Crippen molar-refractivity contribution >= 4 is 44.8 Å². The van der Waals surface area contributed by atoms with Gasteiger partial charge in [0.05, 0.1) is 17.2 Å². The number of nitrogens with zero attached hydrogens (tertiary/aromatic N) is 1. The first-order valence-electron chi connectivity index (χ1n) is 6.35. The first-order valence-corrected chi connectivity index (χ1v) is 9.08. The highest BCUT2D eigenvalue weighted by molar-refractivity contribution is 7.89. The molecule has 0 unspecified atom stereocenters. The van der Waals surface area contributed by atoms with Crippen molar-refractivity contribution < 1.29 is 13.2 Å². The van der Waals surface area contributed by atoms with Gasteiger partial charge in [0.25, 0.3) is 0 Å². The molecule has 1 aliphatic heterocycles. The molecular weight excluding hydrogens is 357 g/mol. The Morgan fingerprint density at radius 3 is 2.57 bits per heavy atom. The van der Waals surface area contributed by atoms with Gasteiger partial charge in [-0.2, -0.15) is 4.31 Å². The van der Waals surface area contributed by atoms with Gasteiger partial charge in [0.15, 0.2) is 0 Å². The third-order valence-electron chi connectivity index (χ3n) is 3.23. The van der Waals surface area contributed by atoms with E-state index in [4.69, 9.17) is 39.5 Å². The van der Waals surface area contributed by atoms with Crippen molar-refractivity contribution in [3.63, 3.8) is 0 Å². The van der Waals surface area contributed by atoms with E-state index in [1.54, 1.807) is 6.07 Å². The molecule has 1 fully saturated rings. The van der Waals surface area contributed by atoms with Gasteiger partial charge in [-0.1, -0.05) is 23.2 Å². The van der Waals surface area contributed by atoms with E-state index in [1.165, 1.54) is 10.4 Å². The monoisotopic (exact) mass is 371 g/mol. The molecule has 1 aromatic carbocycles. The predicted octanol–water partition coefficient (Wildman–Crippen LogP) is 3.53. The van der Waals surface area contributed by atoms with Crippen LogP contribution in [0, 0.1) is 0 Å². The Morgan fingerprint density at radius 1 is 1.33 bits per heavy atom.